The molecule has 2 N–H and O–H groups in total. The van der Waals surface area contributed by atoms with Crippen LogP contribution in [0.5, 0.6) is 17.2 Å². The molecule has 0 unspecified atom stereocenters. The van der Waals surface area contributed by atoms with Crippen LogP contribution in [0.1, 0.15) is 30.1 Å². The lowest BCUT2D eigenvalue weighted by Gasteiger charge is -2.14. The molecule has 0 aromatic heterocycles. The Bertz CT molecular complexity index is 509. The molecule has 0 saturated heterocycles. The lowest BCUT2D eigenvalue weighted by molar-refractivity contribution is 0.0976. The molecule has 0 radical (unpaired) electrons. The molecule has 7 heteroatoms. The predicted octanol–water partition coefficient (Wildman–Crippen LogP) is 2.12. The van der Waals surface area contributed by atoms with Gasteiger partial charge in [0.15, 0.2) is 16.6 Å². The third-order valence-corrected chi connectivity index (χ3v) is 3.22. The van der Waals surface area contributed by atoms with Crippen molar-refractivity contribution in [2.75, 3.05) is 27.9 Å². The number of amides is 1. The van der Waals surface area contributed by atoms with Crippen LogP contribution < -0.4 is 24.8 Å². The van der Waals surface area contributed by atoms with Crippen molar-refractivity contribution in [1.82, 2.24) is 10.6 Å². The average Bonchev–Trinajstić information content (AvgIpc) is 2.53. The number of benzene rings is 1. The fourth-order valence-electron chi connectivity index (χ4n) is 1.81. The first-order chi connectivity index (χ1) is 10.6. The van der Waals surface area contributed by atoms with Crippen LogP contribution in [0.2, 0.25) is 0 Å². The van der Waals surface area contributed by atoms with Gasteiger partial charge in [-0.25, -0.2) is 0 Å². The molecule has 0 aliphatic carbocycles. The molecule has 22 heavy (non-hydrogen) atoms. The number of unbranched alkanes of at least 4 members (excludes halogenated alkanes) is 1. The van der Waals surface area contributed by atoms with Gasteiger partial charge >= 0.3 is 0 Å². The van der Waals surface area contributed by atoms with Gasteiger partial charge in [-0.2, -0.15) is 0 Å². The monoisotopic (exact) mass is 326 g/mol. The zero-order valence-corrected chi connectivity index (χ0v) is 14.1. The predicted molar refractivity (Wildman–Crippen MR) is 89.1 cm³/mol. The van der Waals surface area contributed by atoms with Gasteiger partial charge in [0.05, 0.1) is 21.3 Å². The van der Waals surface area contributed by atoms with Crippen molar-refractivity contribution in [3.05, 3.63) is 17.7 Å². The van der Waals surface area contributed by atoms with Gasteiger partial charge in [-0.1, -0.05) is 13.3 Å². The van der Waals surface area contributed by atoms with Gasteiger partial charge in [0, 0.05) is 12.1 Å². The van der Waals surface area contributed by atoms with E-state index in [4.69, 9.17) is 26.4 Å². The van der Waals surface area contributed by atoms with E-state index in [-0.39, 0.29) is 5.91 Å². The van der Waals surface area contributed by atoms with E-state index in [1.54, 1.807) is 12.1 Å². The average molecular weight is 326 g/mol. The Balaban J connectivity index is 2.87. The van der Waals surface area contributed by atoms with Gasteiger partial charge in [-0.15, -0.1) is 0 Å². The van der Waals surface area contributed by atoms with Gasteiger partial charge in [0.1, 0.15) is 0 Å². The molecule has 0 aliphatic rings. The third-order valence-electron chi connectivity index (χ3n) is 2.97. The summed E-state index contributed by atoms with van der Waals surface area (Å²) in [5.74, 6) is 0.923. The standard InChI is InChI=1S/C15H22N2O4S/c1-5-6-7-16-15(22)17-14(18)10-8-11(19-2)13(21-4)12(9-10)20-3/h8-9H,5-7H2,1-4H3,(H2,16,17,18,22). The summed E-state index contributed by atoms with van der Waals surface area (Å²) >= 11 is 5.08. The SMILES string of the molecule is CCCCNC(=S)NC(=O)c1cc(OC)c(OC)c(OC)c1. The summed E-state index contributed by atoms with van der Waals surface area (Å²) < 4.78 is 15.7. The molecule has 0 heterocycles. The van der Waals surface area contributed by atoms with Crippen LogP contribution >= 0.6 is 12.2 Å². The molecule has 1 aromatic carbocycles. The maximum atomic E-state index is 12.2. The quantitative estimate of drug-likeness (QED) is 0.591. The van der Waals surface area contributed by atoms with Crippen LogP contribution in [-0.4, -0.2) is 38.9 Å². The van der Waals surface area contributed by atoms with Crippen molar-refractivity contribution in [1.29, 1.82) is 0 Å². The Kier molecular flexibility index (Phi) is 7.45. The summed E-state index contributed by atoms with van der Waals surface area (Å²) in [6, 6.07) is 3.15. The minimum absolute atomic E-state index is 0.298. The first kappa shape index (κ1) is 18.0. The van der Waals surface area contributed by atoms with Gasteiger partial charge in [-0.05, 0) is 30.8 Å². The number of ether oxygens (including phenoxy) is 3. The summed E-state index contributed by atoms with van der Waals surface area (Å²) in [6.45, 7) is 2.81. The molecule has 1 rings (SSSR count). The van der Waals surface area contributed by atoms with Gasteiger partial charge in [0.25, 0.3) is 5.91 Å². The highest BCUT2D eigenvalue weighted by Gasteiger charge is 2.17. The number of carbonyl (C=O) groups is 1. The topological polar surface area (TPSA) is 68.8 Å². The molecule has 0 atom stereocenters. The Morgan fingerprint density at radius 2 is 1.73 bits per heavy atom. The zero-order chi connectivity index (χ0) is 16.5. The van der Waals surface area contributed by atoms with Crippen LogP contribution in [0.4, 0.5) is 0 Å². The van der Waals surface area contributed by atoms with Gasteiger partial charge in [0.2, 0.25) is 5.75 Å². The van der Waals surface area contributed by atoms with E-state index in [0.29, 0.717) is 27.9 Å². The molecule has 0 saturated carbocycles. The maximum absolute atomic E-state index is 12.2. The summed E-state index contributed by atoms with van der Waals surface area (Å²) in [5.41, 5.74) is 0.370. The Labute approximate surface area is 136 Å². The van der Waals surface area contributed by atoms with Gasteiger partial charge < -0.3 is 19.5 Å². The lowest BCUT2D eigenvalue weighted by atomic mass is 10.1. The second kappa shape index (κ2) is 9.09. The molecule has 1 aromatic rings. The van der Waals surface area contributed by atoms with E-state index < -0.39 is 0 Å². The van der Waals surface area contributed by atoms with Crippen molar-refractivity contribution in [3.63, 3.8) is 0 Å². The van der Waals surface area contributed by atoms with Crippen molar-refractivity contribution in [3.8, 4) is 17.2 Å². The van der Waals surface area contributed by atoms with Crippen molar-refractivity contribution in [2.45, 2.75) is 19.8 Å². The second-order valence-electron chi connectivity index (χ2n) is 4.48. The highest BCUT2D eigenvalue weighted by Crippen LogP contribution is 2.38. The number of rotatable bonds is 7. The summed E-state index contributed by atoms with van der Waals surface area (Å²) in [4.78, 5) is 12.2. The second-order valence-corrected chi connectivity index (χ2v) is 4.89. The number of carbonyl (C=O) groups excluding carboxylic acids is 1. The summed E-state index contributed by atoms with van der Waals surface area (Å²) in [5, 5.41) is 5.90. The first-order valence-corrected chi connectivity index (χ1v) is 7.37. The van der Waals surface area contributed by atoms with Crippen LogP contribution in [0.15, 0.2) is 12.1 Å². The molecule has 6 nitrogen and oxygen atoms in total. The molecular weight excluding hydrogens is 304 g/mol. The van der Waals surface area contributed by atoms with E-state index in [1.807, 2.05) is 0 Å². The summed E-state index contributed by atoms with van der Waals surface area (Å²) in [6.07, 6.45) is 2.04. The molecule has 0 aliphatic heterocycles. The highest BCUT2D eigenvalue weighted by atomic mass is 32.1. The van der Waals surface area contributed by atoms with E-state index >= 15 is 0 Å². The normalized spacial score (nSPS) is 9.82. The van der Waals surface area contributed by atoms with Gasteiger partial charge in [-0.3, -0.25) is 10.1 Å². The molecule has 122 valence electrons. The highest BCUT2D eigenvalue weighted by molar-refractivity contribution is 7.80. The number of hydrogen-bond donors (Lipinski definition) is 2. The maximum Gasteiger partial charge on any atom is 0.257 e. The lowest BCUT2D eigenvalue weighted by Crippen LogP contribution is -2.39. The van der Waals surface area contributed by atoms with Crippen LogP contribution in [0.3, 0.4) is 0 Å². The fraction of sp³-hybridized carbons (Fsp3) is 0.467. The first-order valence-electron chi connectivity index (χ1n) is 6.96. The third kappa shape index (κ3) is 4.77. The Hall–Kier alpha value is -2.02. The van der Waals surface area contributed by atoms with Crippen molar-refractivity contribution >= 4 is 23.2 Å². The van der Waals surface area contributed by atoms with Crippen LogP contribution in [-0.2, 0) is 0 Å². The molecule has 0 spiro atoms. The summed E-state index contributed by atoms with van der Waals surface area (Å²) in [7, 11) is 4.50. The smallest absolute Gasteiger partial charge is 0.257 e. The van der Waals surface area contributed by atoms with E-state index in [1.165, 1.54) is 21.3 Å². The van der Waals surface area contributed by atoms with Crippen molar-refractivity contribution in [2.24, 2.45) is 0 Å². The molecule has 0 fully saturated rings. The molecule has 1 amide bonds. The van der Waals surface area contributed by atoms with Crippen molar-refractivity contribution < 1.29 is 19.0 Å². The minimum Gasteiger partial charge on any atom is -0.493 e. The molecular formula is C15H22N2O4S. The molecule has 0 bridgehead atoms. The number of methoxy groups -OCH3 is 3. The number of thiocarbonyl (C=S) groups is 1. The Morgan fingerprint density at radius 1 is 1.14 bits per heavy atom. The fourth-order valence-corrected chi connectivity index (χ4v) is 2.01. The number of hydrogen-bond acceptors (Lipinski definition) is 5. The Morgan fingerprint density at radius 3 is 2.18 bits per heavy atom. The largest absolute Gasteiger partial charge is 0.493 e. The van der Waals surface area contributed by atoms with Crippen LogP contribution in [0, 0.1) is 0 Å². The van der Waals surface area contributed by atoms with E-state index in [9.17, 15) is 4.79 Å². The number of nitrogens with one attached hydrogen (secondary N) is 2. The van der Waals surface area contributed by atoms with Crippen LogP contribution in [0.25, 0.3) is 0 Å². The minimum atomic E-state index is -0.340. The van der Waals surface area contributed by atoms with E-state index in [0.717, 1.165) is 19.4 Å². The zero-order valence-electron chi connectivity index (χ0n) is 13.3. The van der Waals surface area contributed by atoms with E-state index in [2.05, 4.69) is 17.6 Å².